The highest BCUT2D eigenvalue weighted by Crippen LogP contribution is 2.34. The van der Waals surface area contributed by atoms with E-state index in [4.69, 9.17) is 11.6 Å². The van der Waals surface area contributed by atoms with Crippen molar-refractivity contribution in [1.82, 2.24) is 15.5 Å². The molecule has 0 spiro atoms. The van der Waals surface area contributed by atoms with Gasteiger partial charge in [-0.05, 0) is 54.9 Å². The first-order valence-electron chi connectivity index (χ1n) is 10.8. The number of likely N-dealkylation sites (N-methyl/N-ethyl adjacent to an activating group) is 1. The van der Waals surface area contributed by atoms with Gasteiger partial charge in [0.2, 0.25) is 0 Å². The minimum atomic E-state index is -4.62. The molecule has 2 aromatic rings. The van der Waals surface area contributed by atoms with Crippen molar-refractivity contribution in [3.05, 3.63) is 63.7 Å². The van der Waals surface area contributed by atoms with Crippen molar-refractivity contribution in [3.63, 3.8) is 0 Å². The fourth-order valence-electron chi connectivity index (χ4n) is 3.99. The molecule has 1 unspecified atom stereocenters. The van der Waals surface area contributed by atoms with Crippen molar-refractivity contribution in [2.75, 3.05) is 25.9 Å². The summed E-state index contributed by atoms with van der Waals surface area (Å²) < 4.78 is 66.0. The smallest absolute Gasteiger partial charge is 0.348 e. The lowest BCUT2D eigenvalue weighted by Gasteiger charge is -2.20. The molecule has 1 aliphatic heterocycles. The quantitative estimate of drug-likeness (QED) is 0.556. The Morgan fingerprint density at radius 1 is 1.18 bits per heavy atom. The van der Waals surface area contributed by atoms with Crippen LogP contribution < -0.4 is 10.6 Å². The molecular weight excluding hydrogens is 491 g/mol. The SMILES string of the molecule is CCS(=O)(=O)c1ccc(Cl)cc1CNC(=O)c1ccc(CN2CCC(NC)C2)c(C(F)(F)F)c1. The number of rotatable bonds is 8. The number of alkyl halides is 3. The lowest BCUT2D eigenvalue weighted by molar-refractivity contribution is -0.138. The third kappa shape index (κ3) is 6.29. The second-order valence-electron chi connectivity index (χ2n) is 8.22. The summed E-state index contributed by atoms with van der Waals surface area (Å²) in [4.78, 5) is 14.6. The first-order chi connectivity index (χ1) is 15.9. The molecule has 186 valence electrons. The van der Waals surface area contributed by atoms with Crippen LogP contribution in [-0.4, -0.2) is 51.2 Å². The number of likely N-dealkylation sites (tertiary alicyclic amines) is 1. The number of hydrogen-bond acceptors (Lipinski definition) is 5. The Hall–Kier alpha value is -2.14. The van der Waals surface area contributed by atoms with E-state index in [0.29, 0.717) is 13.1 Å². The Kier molecular flexibility index (Phi) is 8.28. The van der Waals surface area contributed by atoms with E-state index in [1.54, 1.807) is 0 Å². The summed E-state index contributed by atoms with van der Waals surface area (Å²) in [6.07, 6.45) is -3.76. The fourth-order valence-corrected chi connectivity index (χ4v) is 5.31. The van der Waals surface area contributed by atoms with Gasteiger partial charge in [-0.3, -0.25) is 9.69 Å². The number of sulfone groups is 1. The van der Waals surface area contributed by atoms with Crippen LogP contribution in [-0.2, 0) is 29.1 Å². The number of carbonyl (C=O) groups is 1. The first kappa shape index (κ1) is 26.5. The van der Waals surface area contributed by atoms with Crippen LogP contribution in [0.15, 0.2) is 41.3 Å². The topological polar surface area (TPSA) is 78.5 Å². The van der Waals surface area contributed by atoms with E-state index < -0.39 is 27.5 Å². The summed E-state index contributed by atoms with van der Waals surface area (Å²) in [5.74, 6) is -0.883. The average molecular weight is 518 g/mol. The first-order valence-corrected chi connectivity index (χ1v) is 12.9. The van der Waals surface area contributed by atoms with Gasteiger partial charge in [-0.25, -0.2) is 8.42 Å². The monoisotopic (exact) mass is 517 g/mol. The average Bonchev–Trinajstić information content (AvgIpc) is 3.24. The summed E-state index contributed by atoms with van der Waals surface area (Å²) in [5, 5.41) is 5.93. The van der Waals surface area contributed by atoms with E-state index in [2.05, 4.69) is 10.6 Å². The van der Waals surface area contributed by atoms with Crippen molar-refractivity contribution in [3.8, 4) is 0 Å². The largest absolute Gasteiger partial charge is 0.416 e. The second-order valence-corrected chi connectivity index (χ2v) is 10.9. The van der Waals surface area contributed by atoms with Crippen molar-refractivity contribution < 1.29 is 26.4 Å². The maximum absolute atomic E-state index is 13.8. The molecular formula is C23H27ClF3N3O3S. The minimum absolute atomic E-state index is 0.0246. The zero-order valence-corrected chi connectivity index (χ0v) is 20.4. The molecule has 0 aliphatic carbocycles. The highest BCUT2D eigenvalue weighted by atomic mass is 35.5. The Bertz CT molecular complexity index is 1160. The molecule has 1 fully saturated rings. The molecule has 1 amide bonds. The minimum Gasteiger partial charge on any atom is -0.348 e. The molecule has 3 rings (SSSR count). The number of nitrogens with zero attached hydrogens (tertiary/aromatic N) is 1. The molecule has 1 atom stereocenters. The molecule has 2 N–H and O–H groups in total. The van der Waals surface area contributed by atoms with E-state index in [9.17, 15) is 26.4 Å². The van der Waals surface area contributed by atoms with Gasteiger partial charge in [0.1, 0.15) is 0 Å². The van der Waals surface area contributed by atoms with E-state index >= 15 is 0 Å². The van der Waals surface area contributed by atoms with E-state index in [0.717, 1.165) is 12.5 Å². The van der Waals surface area contributed by atoms with Gasteiger partial charge in [-0.1, -0.05) is 24.6 Å². The maximum Gasteiger partial charge on any atom is 0.416 e. The molecule has 11 heteroatoms. The molecule has 2 aromatic carbocycles. The number of hydrogen-bond donors (Lipinski definition) is 2. The second kappa shape index (κ2) is 10.6. The van der Waals surface area contributed by atoms with Crippen LogP contribution in [0.25, 0.3) is 0 Å². The van der Waals surface area contributed by atoms with Crippen LogP contribution in [0.4, 0.5) is 13.2 Å². The Balaban J connectivity index is 1.80. The molecule has 0 radical (unpaired) electrons. The Morgan fingerprint density at radius 3 is 2.53 bits per heavy atom. The van der Waals surface area contributed by atoms with Gasteiger partial charge in [0.05, 0.1) is 16.2 Å². The van der Waals surface area contributed by atoms with Crippen LogP contribution in [0.2, 0.25) is 5.02 Å². The van der Waals surface area contributed by atoms with Crippen molar-refractivity contribution in [2.45, 2.75) is 43.5 Å². The number of carbonyl (C=O) groups excluding carboxylic acids is 1. The lowest BCUT2D eigenvalue weighted by atomic mass is 10.0. The van der Waals surface area contributed by atoms with Gasteiger partial charge < -0.3 is 10.6 Å². The van der Waals surface area contributed by atoms with Crippen LogP contribution in [0, 0.1) is 0 Å². The zero-order chi connectivity index (χ0) is 25.1. The summed E-state index contributed by atoms with van der Waals surface area (Å²) >= 11 is 5.98. The third-order valence-corrected chi connectivity index (χ3v) is 7.99. The Morgan fingerprint density at radius 2 is 1.91 bits per heavy atom. The normalized spacial score (nSPS) is 17.2. The van der Waals surface area contributed by atoms with Gasteiger partial charge in [-0.15, -0.1) is 0 Å². The molecule has 6 nitrogen and oxygen atoms in total. The molecule has 0 bridgehead atoms. The van der Waals surface area contributed by atoms with Gasteiger partial charge >= 0.3 is 6.18 Å². The van der Waals surface area contributed by atoms with E-state index in [-0.39, 0.29) is 51.5 Å². The molecule has 1 heterocycles. The molecule has 0 aromatic heterocycles. The molecule has 34 heavy (non-hydrogen) atoms. The predicted octanol–water partition coefficient (Wildman–Crippen LogP) is 3.88. The van der Waals surface area contributed by atoms with Crippen LogP contribution >= 0.6 is 11.6 Å². The van der Waals surface area contributed by atoms with Gasteiger partial charge in [0.25, 0.3) is 5.91 Å². The highest BCUT2D eigenvalue weighted by Gasteiger charge is 2.35. The standard InChI is InChI=1S/C23H27ClF3N3O3S/c1-3-34(32,33)21-7-6-18(24)10-17(21)12-29-22(31)15-4-5-16(20(11-15)23(25,26)27)13-30-9-8-19(14-30)28-2/h4-7,10-11,19,28H,3,8-9,12-14H2,1-2H3,(H,29,31). The van der Waals surface area contributed by atoms with Crippen LogP contribution in [0.5, 0.6) is 0 Å². The molecule has 1 aliphatic rings. The van der Waals surface area contributed by atoms with E-state index in [1.165, 1.54) is 37.3 Å². The fraction of sp³-hybridized carbons (Fsp3) is 0.435. The van der Waals surface area contributed by atoms with Gasteiger partial charge in [0.15, 0.2) is 9.84 Å². The Labute approximate surface area is 202 Å². The number of amides is 1. The van der Waals surface area contributed by atoms with Crippen molar-refractivity contribution in [1.29, 1.82) is 0 Å². The lowest BCUT2D eigenvalue weighted by Crippen LogP contribution is -2.30. The number of halogens is 4. The number of benzene rings is 2. The molecule has 0 saturated carbocycles. The van der Waals surface area contributed by atoms with Crippen LogP contribution in [0.1, 0.15) is 40.4 Å². The molecule has 1 saturated heterocycles. The van der Waals surface area contributed by atoms with Crippen molar-refractivity contribution >= 4 is 27.3 Å². The summed E-state index contributed by atoms with van der Waals surface area (Å²) in [5.41, 5.74) is -0.645. The summed E-state index contributed by atoms with van der Waals surface area (Å²) in [6.45, 7) is 2.77. The summed E-state index contributed by atoms with van der Waals surface area (Å²) in [6, 6.07) is 7.98. The predicted molar refractivity (Wildman–Crippen MR) is 125 cm³/mol. The third-order valence-electron chi connectivity index (χ3n) is 5.93. The van der Waals surface area contributed by atoms with Crippen molar-refractivity contribution in [2.24, 2.45) is 0 Å². The van der Waals surface area contributed by atoms with E-state index in [1.807, 2.05) is 11.9 Å². The van der Waals surface area contributed by atoms with Gasteiger partial charge in [-0.2, -0.15) is 13.2 Å². The summed E-state index contributed by atoms with van der Waals surface area (Å²) in [7, 11) is -1.75. The maximum atomic E-state index is 13.8. The van der Waals surface area contributed by atoms with Gasteiger partial charge in [0, 0.05) is 42.8 Å². The highest BCUT2D eigenvalue weighted by molar-refractivity contribution is 7.91. The number of nitrogens with one attached hydrogen (secondary N) is 2. The zero-order valence-electron chi connectivity index (χ0n) is 18.9. The van der Waals surface area contributed by atoms with Crippen LogP contribution in [0.3, 0.4) is 0 Å².